The monoisotopic (exact) mass is 692 g/mol. The fraction of sp³-hybridized carbons (Fsp3) is 0.282. The van der Waals surface area contributed by atoms with E-state index >= 15 is 0 Å². The highest BCUT2D eigenvalue weighted by molar-refractivity contribution is 8.00. The highest BCUT2D eigenvalue weighted by Gasteiger charge is 2.32. The van der Waals surface area contributed by atoms with Gasteiger partial charge in [0.25, 0.3) is 11.8 Å². The third-order valence-corrected chi connectivity index (χ3v) is 10.8. The summed E-state index contributed by atoms with van der Waals surface area (Å²) >= 11 is 2.87. The molecule has 1 heterocycles. The lowest BCUT2D eigenvalue weighted by atomic mass is 9.72. The van der Waals surface area contributed by atoms with Crippen LogP contribution in [0.3, 0.4) is 0 Å². The first-order valence-corrected chi connectivity index (χ1v) is 17.8. The van der Waals surface area contributed by atoms with E-state index in [1.165, 1.54) is 28.0 Å². The zero-order valence-corrected chi connectivity index (χ0v) is 29.9. The standard InChI is InChI=1S/C39H40N4O4S2/c1-24(35(44)43-38-32(23-40)31-18-17-27(39(2,3)4)21-34(31)49-38)48-30-16-10-14-28(22-30)41-37(46)33(20-25-11-9-15-29(19-25)47-5)42-36(45)26-12-7-6-8-13-26/h6-16,19-20,22,24,27H,17-18,21H2,1-5H3,(H,41,46)(H,42,45)(H,43,44)/b33-20-. The van der Waals surface area contributed by atoms with Gasteiger partial charge >= 0.3 is 0 Å². The summed E-state index contributed by atoms with van der Waals surface area (Å²) in [6, 6.07) is 25.4. The Morgan fingerprint density at radius 1 is 1.02 bits per heavy atom. The van der Waals surface area contributed by atoms with Gasteiger partial charge in [0.05, 0.1) is 17.9 Å². The number of methoxy groups -OCH3 is 1. The van der Waals surface area contributed by atoms with Crippen LogP contribution < -0.4 is 20.7 Å². The molecule has 2 unspecified atom stereocenters. The largest absolute Gasteiger partial charge is 0.497 e. The van der Waals surface area contributed by atoms with Crippen LogP contribution in [-0.2, 0) is 22.4 Å². The smallest absolute Gasteiger partial charge is 0.272 e. The van der Waals surface area contributed by atoms with Crippen molar-refractivity contribution in [1.82, 2.24) is 5.32 Å². The normalized spacial score (nSPS) is 14.9. The van der Waals surface area contributed by atoms with Crippen LogP contribution in [0, 0.1) is 22.7 Å². The Hall–Kier alpha value is -4.85. The molecule has 0 saturated heterocycles. The van der Waals surface area contributed by atoms with Crippen molar-refractivity contribution in [2.24, 2.45) is 11.3 Å². The summed E-state index contributed by atoms with van der Waals surface area (Å²) in [6.07, 6.45) is 4.39. The van der Waals surface area contributed by atoms with Crippen molar-refractivity contribution in [3.63, 3.8) is 0 Å². The molecule has 3 amide bonds. The lowest BCUT2D eigenvalue weighted by Crippen LogP contribution is -2.30. The van der Waals surface area contributed by atoms with Crippen LogP contribution >= 0.6 is 23.1 Å². The maximum Gasteiger partial charge on any atom is 0.272 e. The molecule has 2 atom stereocenters. The van der Waals surface area contributed by atoms with E-state index in [1.54, 1.807) is 73.8 Å². The molecule has 1 aromatic heterocycles. The van der Waals surface area contributed by atoms with E-state index in [0.717, 1.165) is 29.7 Å². The van der Waals surface area contributed by atoms with Crippen molar-refractivity contribution in [3.05, 3.63) is 112 Å². The summed E-state index contributed by atoms with van der Waals surface area (Å²) in [7, 11) is 1.56. The van der Waals surface area contributed by atoms with E-state index in [0.29, 0.717) is 39.0 Å². The summed E-state index contributed by atoms with van der Waals surface area (Å²) in [6.45, 7) is 8.58. The SMILES string of the molecule is COc1cccc(/C=C(\NC(=O)c2ccccc2)C(=O)Nc2cccc(SC(C)C(=O)Nc3sc4c(c3C#N)CCC(C(C)(C)C)C4)c2)c1. The number of carbonyl (C=O) groups is 3. The van der Waals surface area contributed by atoms with E-state index < -0.39 is 17.1 Å². The van der Waals surface area contributed by atoms with Crippen LogP contribution in [0.25, 0.3) is 6.08 Å². The molecule has 10 heteroatoms. The second-order valence-corrected chi connectivity index (χ2v) is 15.5. The minimum absolute atomic E-state index is 0.0497. The molecule has 4 aromatic rings. The zero-order chi connectivity index (χ0) is 35.1. The molecule has 49 heavy (non-hydrogen) atoms. The number of amides is 3. The third kappa shape index (κ3) is 8.99. The van der Waals surface area contributed by atoms with Gasteiger partial charge in [-0.15, -0.1) is 23.1 Å². The molecule has 3 aromatic carbocycles. The number of ether oxygens (including phenoxy) is 1. The molecule has 5 rings (SSSR count). The molecular weight excluding hydrogens is 653 g/mol. The average molecular weight is 693 g/mol. The Balaban J connectivity index is 1.28. The van der Waals surface area contributed by atoms with Crippen molar-refractivity contribution < 1.29 is 19.1 Å². The number of nitriles is 1. The maximum atomic E-state index is 13.6. The van der Waals surface area contributed by atoms with Gasteiger partial charge in [0.1, 0.15) is 22.5 Å². The number of hydrogen-bond donors (Lipinski definition) is 3. The van der Waals surface area contributed by atoms with Gasteiger partial charge in [0, 0.05) is 21.0 Å². The van der Waals surface area contributed by atoms with Crippen LogP contribution in [0.5, 0.6) is 5.75 Å². The van der Waals surface area contributed by atoms with Gasteiger partial charge in [-0.1, -0.05) is 57.2 Å². The number of rotatable bonds is 10. The molecule has 0 spiro atoms. The molecule has 0 aliphatic heterocycles. The second kappa shape index (κ2) is 15.6. The van der Waals surface area contributed by atoms with Crippen molar-refractivity contribution in [2.75, 3.05) is 17.7 Å². The van der Waals surface area contributed by atoms with Crippen molar-refractivity contribution in [1.29, 1.82) is 5.26 Å². The van der Waals surface area contributed by atoms with Gasteiger partial charge < -0.3 is 20.7 Å². The van der Waals surface area contributed by atoms with Gasteiger partial charge in [-0.25, -0.2) is 0 Å². The Morgan fingerprint density at radius 3 is 2.49 bits per heavy atom. The number of nitrogens with one attached hydrogen (secondary N) is 3. The van der Waals surface area contributed by atoms with Gasteiger partial charge in [0.2, 0.25) is 5.91 Å². The maximum absolute atomic E-state index is 13.6. The topological polar surface area (TPSA) is 120 Å². The zero-order valence-electron chi connectivity index (χ0n) is 28.3. The quantitative estimate of drug-likeness (QED) is 0.114. The minimum Gasteiger partial charge on any atom is -0.497 e. The number of hydrogen-bond acceptors (Lipinski definition) is 7. The molecule has 3 N–H and O–H groups in total. The summed E-state index contributed by atoms with van der Waals surface area (Å²) in [4.78, 5) is 41.9. The fourth-order valence-corrected chi connectivity index (χ4v) is 7.90. The van der Waals surface area contributed by atoms with Gasteiger partial charge in [-0.2, -0.15) is 5.26 Å². The molecule has 1 aliphatic carbocycles. The molecule has 252 valence electrons. The Labute approximate surface area is 296 Å². The third-order valence-electron chi connectivity index (χ3n) is 8.55. The number of anilines is 2. The van der Waals surface area contributed by atoms with E-state index in [1.807, 2.05) is 25.1 Å². The summed E-state index contributed by atoms with van der Waals surface area (Å²) in [5, 5.41) is 18.8. The van der Waals surface area contributed by atoms with Crippen LogP contribution in [0.15, 0.2) is 89.5 Å². The Bertz CT molecular complexity index is 1920. The highest BCUT2D eigenvalue weighted by atomic mass is 32.2. The first-order chi connectivity index (χ1) is 23.4. The molecule has 1 aliphatic rings. The summed E-state index contributed by atoms with van der Waals surface area (Å²) in [5.74, 6) is 0.00899. The molecule has 0 radical (unpaired) electrons. The van der Waals surface area contributed by atoms with Gasteiger partial charge in [0.15, 0.2) is 0 Å². The highest BCUT2D eigenvalue weighted by Crippen LogP contribution is 2.44. The van der Waals surface area contributed by atoms with E-state index in [-0.39, 0.29) is 17.0 Å². The van der Waals surface area contributed by atoms with Crippen LogP contribution in [0.4, 0.5) is 10.7 Å². The molecule has 0 bridgehead atoms. The van der Waals surface area contributed by atoms with Crippen molar-refractivity contribution >= 4 is 57.6 Å². The molecule has 8 nitrogen and oxygen atoms in total. The Kier molecular flexibility index (Phi) is 11.3. The van der Waals surface area contributed by atoms with Crippen molar-refractivity contribution in [3.8, 4) is 11.8 Å². The lowest BCUT2D eigenvalue weighted by Gasteiger charge is -2.33. The number of fused-ring (bicyclic) bond motifs is 1. The van der Waals surface area contributed by atoms with Crippen LogP contribution in [-0.4, -0.2) is 30.1 Å². The molecule has 0 fully saturated rings. The number of thioether (sulfide) groups is 1. The predicted molar refractivity (Wildman–Crippen MR) is 198 cm³/mol. The number of benzene rings is 3. The van der Waals surface area contributed by atoms with E-state index in [2.05, 4.69) is 42.8 Å². The number of nitrogens with zero attached hydrogens (tertiary/aromatic N) is 1. The predicted octanol–water partition coefficient (Wildman–Crippen LogP) is 8.31. The van der Waals surface area contributed by atoms with Crippen LogP contribution in [0.2, 0.25) is 0 Å². The Morgan fingerprint density at radius 2 is 1.78 bits per heavy atom. The summed E-state index contributed by atoms with van der Waals surface area (Å²) < 4.78 is 5.32. The van der Waals surface area contributed by atoms with E-state index in [4.69, 9.17) is 4.74 Å². The fourth-order valence-electron chi connectivity index (χ4n) is 5.69. The first kappa shape index (κ1) is 35.5. The first-order valence-electron chi connectivity index (χ1n) is 16.1. The van der Waals surface area contributed by atoms with Gasteiger partial charge in [-0.3, -0.25) is 14.4 Å². The lowest BCUT2D eigenvalue weighted by molar-refractivity contribution is -0.115. The number of carbonyl (C=O) groups excluding carboxylic acids is 3. The molecule has 0 saturated carbocycles. The number of thiophene rings is 1. The summed E-state index contributed by atoms with van der Waals surface area (Å²) in [5.41, 5.74) is 3.47. The van der Waals surface area contributed by atoms with Crippen LogP contribution in [0.1, 0.15) is 66.0 Å². The van der Waals surface area contributed by atoms with Crippen molar-refractivity contribution in [2.45, 2.75) is 57.1 Å². The minimum atomic E-state index is -0.514. The molecular formula is C39H40N4O4S2. The second-order valence-electron chi connectivity index (χ2n) is 13.0. The van der Waals surface area contributed by atoms with Gasteiger partial charge in [-0.05, 0) is 97.2 Å². The average Bonchev–Trinajstić information content (AvgIpc) is 3.44. The van der Waals surface area contributed by atoms with E-state index in [9.17, 15) is 19.6 Å².